The molecule has 2 N–H and O–H groups in total. The lowest BCUT2D eigenvalue weighted by Crippen LogP contribution is -2.19. The van der Waals surface area contributed by atoms with E-state index < -0.39 is 11.9 Å². The Morgan fingerprint density at radius 2 is 1.80 bits per heavy atom. The third-order valence-electron chi connectivity index (χ3n) is 6.06. The number of amides is 1. The molecule has 0 aliphatic heterocycles. The first kappa shape index (κ1) is 29.3. The van der Waals surface area contributed by atoms with E-state index >= 15 is 0 Å². The highest BCUT2D eigenvalue weighted by atomic mass is 127. The van der Waals surface area contributed by atoms with Crippen LogP contribution in [0.4, 0.5) is 0 Å². The van der Waals surface area contributed by atoms with Crippen LogP contribution in [0.25, 0.3) is 22.0 Å². The number of aromatic nitrogens is 1. The van der Waals surface area contributed by atoms with Crippen molar-refractivity contribution in [3.8, 4) is 22.6 Å². The van der Waals surface area contributed by atoms with Crippen molar-refractivity contribution in [1.82, 2.24) is 10.4 Å². The molecule has 0 aliphatic rings. The van der Waals surface area contributed by atoms with Gasteiger partial charge in [-0.25, -0.2) is 10.2 Å². The number of halogens is 4. The zero-order valence-corrected chi connectivity index (χ0v) is 27.3. The number of rotatable bonds is 7. The highest BCUT2D eigenvalue weighted by Gasteiger charge is 2.22. The lowest BCUT2D eigenvalue weighted by Gasteiger charge is -2.11. The molecule has 41 heavy (non-hydrogen) atoms. The minimum absolute atomic E-state index is 0.232. The summed E-state index contributed by atoms with van der Waals surface area (Å²) in [7, 11) is 1.52. The van der Waals surface area contributed by atoms with Gasteiger partial charge < -0.3 is 14.5 Å². The number of benzene rings is 4. The van der Waals surface area contributed by atoms with Crippen LogP contribution in [-0.4, -0.2) is 30.2 Å². The summed E-state index contributed by atoms with van der Waals surface area (Å²) >= 11 is 15.7. The Balaban J connectivity index is 1.45. The van der Waals surface area contributed by atoms with Crippen molar-refractivity contribution in [2.45, 2.75) is 0 Å². The summed E-state index contributed by atoms with van der Waals surface area (Å²) in [6.07, 6.45) is 1.41. The van der Waals surface area contributed by atoms with E-state index in [-0.39, 0.29) is 5.75 Å². The number of para-hydroxylation sites is 1. The summed E-state index contributed by atoms with van der Waals surface area (Å²) in [6.45, 7) is 0. The number of carbonyl (C=O) groups is 2. The number of aromatic amines is 1. The van der Waals surface area contributed by atoms with Crippen LogP contribution in [0, 0.1) is 3.57 Å². The van der Waals surface area contributed by atoms with Crippen molar-refractivity contribution >= 4 is 95.0 Å². The minimum atomic E-state index is -0.581. The number of hydrazone groups is 1. The third kappa shape index (κ3) is 6.35. The van der Waals surface area contributed by atoms with Crippen molar-refractivity contribution in [3.05, 3.63) is 113 Å². The lowest BCUT2D eigenvalue weighted by atomic mass is 10.0. The molecule has 0 unspecified atom stereocenters. The summed E-state index contributed by atoms with van der Waals surface area (Å²) in [5.41, 5.74) is 5.88. The first-order valence-electron chi connectivity index (χ1n) is 12.0. The predicted molar refractivity (Wildman–Crippen MR) is 176 cm³/mol. The molecule has 0 bridgehead atoms. The first-order valence-corrected chi connectivity index (χ1v) is 15.0. The SMILES string of the molecule is COc1cccc(C(=O)Oc2c(Br)cc(Br)cc2C=NNC(=O)c2[nH]c3c(I)cccc3c2-c2ccccc2Cl)c1. The maximum atomic E-state index is 13.4. The fourth-order valence-electron chi connectivity index (χ4n) is 4.20. The number of hydrogen-bond acceptors (Lipinski definition) is 5. The summed E-state index contributed by atoms with van der Waals surface area (Å²) in [4.78, 5) is 29.6. The normalized spacial score (nSPS) is 11.1. The van der Waals surface area contributed by atoms with E-state index in [0.29, 0.717) is 42.1 Å². The van der Waals surface area contributed by atoms with Crippen LogP contribution < -0.4 is 14.9 Å². The highest BCUT2D eigenvalue weighted by Crippen LogP contribution is 2.38. The third-order valence-corrected chi connectivity index (χ3v) is 8.34. The molecule has 5 rings (SSSR count). The van der Waals surface area contributed by atoms with Crippen molar-refractivity contribution in [3.63, 3.8) is 0 Å². The van der Waals surface area contributed by atoms with Crippen molar-refractivity contribution < 1.29 is 19.1 Å². The molecule has 5 aromatic rings. The molecule has 7 nitrogen and oxygen atoms in total. The second-order valence-electron chi connectivity index (χ2n) is 8.64. The van der Waals surface area contributed by atoms with Gasteiger partial charge in [-0.3, -0.25) is 4.79 Å². The summed E-state index contributed by atoms with van der Waals surface area (Å²) in [6, 6.07) is 23.3. The van der Waals surface area contributed by atoms with Gasteiger partial charge in [0, 0.05) is 35.1 Å². The quantitative estimate of drug-likeness (QED) is 0.0567. The summed E-state index contributed by atoms with van der Waals surface area (Å²) in [5.74, 6) is -0.285. The Morgan fingerprint density at radius 1 is 1.02 bits per heavy atom. The van der Waals surface area contributed by atoms with Gasteiger partial charge in [-0.05, 0) is 81.0 Å². The average Bonchev–Trinajstić information content (AvgIpc) is 3.36. The van der Waals surface area contributed by atoms with Crippen LogP contribution >= 0.6 is 66.1 Å². The fourth-order valence-corrected chi connectivity index (χ4v) is 6.40. The minimum Gasteiger partial charge on any atom is -0.497 e. The van der Waals surface area contributed by atoms with Gasteiger partial charge in [0.15, 0.2) is 5.75 Å². The fraction of sp³-hybridized carbons (Fsp3) is 0.0333. The van der Waals surface area contributed by atoms with Gasteiger partial charge >= 0.3 is 5.97 Å². The zero-order valence-electron chi connectivity index (χ0n) is 21.2. The van der Waals surface area contributed by atoms with Gasteiger partial charge in [-0.2, -0.15) is 5.10 Å². The number of nitrogens with zero attached hydrogens (tertiary/aromatic N) is 1. The molecule has 1 aromatic heterocycles. The molecule has 0 fully saturated rings. The maximum Gasteiger partial charge on any atom is 0.343 e. The monoisotopic (exact) mass is 805 g/mol. The zero-order chi connectivity index (χ0) is 29.1. The summed E-state index contributed by atoms with van der Waals surface area (Å²) in [5, 5.41) is 5.57. The molecule has 0 saturated heterocycles. The molecular formula is C30H19Br2ClIN3O4. The Bertz CT molecular complexity index is 1840. The van der Waals surface area contributed by atoms with Crippen molar-refractivity contribution in [2.24, 2.45) is 5.10 Å². The molecule has 0 aliphatic carbocycles. The van der Waals surface area contributed by atoms with Crippen LogP contribution in [0.3, 0.4) is 0 Å². The van der Waals surface area contributed by atoms with Gasteiger partial charge in [0.05, 0.1) is 28.9 Å². The van der Waals surface area contributed by atoms with E-state index in [1.54, 1.807) is 42.5 Å². The van der Waals surface area contributed by atoms with E-state index in [1.165, 1.54) is 13.3 Å². The second kappa shape index (κ2) is 12.8. The number of H-pyrrole nitrogens is 1. The largest absolute Gasteiger partial charge is 0.497 e. The molecule has 11 heteroatoms. The standard InChI is InChI=1S/C30H19Br2ClIN3O4/c1-40-19-7-4-6-16(13-19)30(39)41-28-17(12-18(31)14-22(28)32)15-35-37-29(38)27-25(20-8-2-3-10-23(20)33)21-9-5-11-24(34)26(21)36-27/h2-15,36H,1H3,(H,37,38). The summed E-state index contributed by atoms with van der Waals surface area (Å²) < 4.78 is 13.1. The number of ether oxygens (including phenoxy) is 2. The molecule has 1 heterocycles. The van der Waals surface area contributed by atoms with E-state index in [1.807, 2.05) is 36.4 Å². The number of hydrogen-bond donors (Lipinski definition) is 2. The second-order valence-corrected chi connectivity index (χ2v) is 12.0. The number of fused-ring (bicyclic) bond motifs is 1. The number of esters is 1. The van der Waals surface area contributed by atoms with Gasteiger partial charge in [0.25, 0.3) is 5.91 Å². The average molecular weight is 808 g/mol. The molecule has 0 saturated carbocycles. The predicted octanol–water partition coefficient (Wildman–Crippen LogP) is 8.61. The smallest absolute Gasteiger partial charge is 0.343 e. The maximum absolute atomic E-state index is 13.4. The van der Waals surface area contributed by atoms with E-state index in [9.17, 15) is 9.59 Å². The molecular weight excluding hydrogens is 789 g/mol. The van der Waals surface area contributed by atoms with E-state index in [0.717, 1.165) is 20.0 Å². The van der Waals surface area contributed by atoms with Crippen LogP contribution in [0.15, 0.2) is 92.9 Å². The number of nitrogens with one attached hydrogen (secondary N) is 2. The Morgan fingerprint density at radius 3 is 2.59 bits per heavy atom. The Labute approximate surface area is 270 Å². The molecule has 4 aromatic carbocycles. The number of methoxy groups -OCH3 is 1. The molecule has 0 spiro atoms. The van der Waals surface area contributed by atoms with Crippen LogP contribution in [0.1, 0.15) is 26.4 Å². The van der Waals surface area contributed by atoms with E-state index in [2.05, 4.69) is 70.0 Å². The van der Waals surface area contributed by atoms with Gasteiger partial charge in [0.1, 0.15) is 11.4 Å². The first-order chi connectivity index (χ1) is 19.8. The molecule has 0 atom stereocenters. The Hall–Kier alpha value is -3.19. The van der Waals surface area contributed by atoms with Gasteiger partial charge in [0.2, 0.25) is 0 Å². The van der Waals surface area contributed by atoms with Crippen LogP contribution in [-0.2, 0) is 0 Å². The molecule has 206 valence electrons. The molecule has 1 amide bonds. The van der Waals surface area contributed by atoms with Crippen LogP contribution in [0.2, 0.25) is 5.02 Å². The van der Waals surface area contributed by atoms with Gasteiger partial charge in [-0.15, -0.1) is 0 Å². The van der Waals surface area contributed by atoms with Crippen molar-refractivity contribution in [1.29, 1.82) is 0 Å². The topological polar surface area (TPSA) is 92.8 Å². The Kier molecular flexibility index (Phi) is 9.12. The lowest BCUT2D eigenvalue weighted by molar-refractivity contribution is 0.0732. The van der Waals surface area contributed by atoms with E-state index in [4.69, 9.17) is 21.1 Å². The van der Waals surface area contributed by atoms with Gasteiger partial charge in [-0.1, -0.05) is 63.9 Å². The van der Waals surface area contributed by atoms with Crippen LogP contribution in [0.5, 0.6) is 11.5 Å². The van der Waals surface area contributed by atoms with Crippen molar-refractivity contribution in [2.75, 3.05) is 7.11 Å². The highest BCUT2D eigenvalue weighted by molar-refractivity contribution is 14.1. The molecule has 0 radical (unpaired) electrons. The number of carbonyl (C=O) groups excluding carboxylic acids is 2.